The van der Waals surface area contributed by atoms with Crippen molar-refractivity contribution in [3.8, 4) is 0 Å². The number of hydrogen-bond donors (Lipinski definition) is 1. The molecule has 2 atom stereocenters. The summed E-state index contributed by atoms with van der Waals surface area (Å²) in [5, 5.41) is 3.70. The van der Waals surface area contributed by atoms with Gasteiger partial charge in [-0.2, -0.15) is 0 Å². The van der Waals surface area contributed by atoms with Crippen molar-refractivity contribution in [3.05, 3.63) is 35.9 Å². The fourth-order valence-electron chi connectivity index (χ4n) is 2.05. The molecule has 18 heavy (non-hydrogen) atoms. The van der Waals surface area contributed by atoms with Gasteiger partial charge in [0.2, 0.25) is 0 Å². The molecule has 0 bridgehead atoms. The maximum Gasteiger partial charge on any atom is 0.00875 e. The van der Waals surface area contributed by atoms with Gasteiger partial charge in [0.1, 0.15) is 0 Å². The van der Waals surface area contributed by atoms with Crippen LogP contribution in [0.2, 0.25) is 0 Å². The van der Waals surface area contributed by atoms with Crippen molar-refractivity contribution in [2.24, 2.45) is 11.3 Å². The highest BCUT2D eigenvalue weighted by molar-refractivity contribution is 5.20. The molecule has 0 amide bonds. The first-order valence-corrected chi connectivity index (χ1v) is 7.10. The minimum atomic E-state index is 0.318. The van der Waals surface area contributed by atoms with Crippen LogP contribution >= 0.6 is 0 Å². The summed E-state index contributed by atoms with van der Waals surface area (Å²) in [7, 11) is 0. The summed E-state index contributed by atoms with van der Waals surface area (Å²) in [6, 6.07) is 11.4. The van der Waals surface area contributed by atoms with Gasteiger partial charge in [0.15, 0.2) is 0 Å². The number of hydrogen-bond acceptors (Lipinski definition) is 1. The van der Waals surface area contributed by atoms with E-state index in [4.69, 9.17) is 0 Å². The monoisotopic (exact) mass is 247 g/mol. The van der Waals surface area contributed by atoms with E-state index in [0.29, 0.717) is 23.3 Å². The maximum absolute atomic E-state index is 3.70. The fraction of sp³-hybridized carbons (Fsp3) is 0.647. The lowest BCUT2D eigenvalue weighted by Crippen LogP contribution is -2.40. The fourth-order valence-corrected chi connectivity index (χ4v) is 2.05. The van der Waals surface area contributed by atoms with Crippen LogP contribution in [0.5, 0.6) is 0 Å². The predicted molar refractivity (Wildman–Crippen MR) is 80.9 cm³/mol. The van der Waals surface area contributed by atoms with E-state index in [9.17, 15) is 0 Å². The zero-order valence-corrected chi connectivity index (χ0v) is 12.8. The zero-order chi connectivity index (χ0) is 13.8. The molecule has 0 aliphatic heterocycles. The van der Waals surface area contributed by atoms with Crippen LogP contribution in [0.3, 0.4) is 0 Å². The van der Waals surface area contributed by atoms with Crippen molar-refractivity contribution < 1.29 is 0 Å². The first-order chi connectivity index (χ1) is 8.32. The summed E-state index contributed by atoms with van der Waals surface area (Å²) in [6.07, 6.45) is 0. The van der Waals surface area contributed by atoms with Crippen LogP contribution in [-0.2, 0) is 0 Å². The Labute approximate surface area is 113 Å². The molecule has 0 aliphatic rings. The lowest BCUT2D eigenvalue weighted by atomic mass is 9.85. The van der Waals surface area contributed by atoms with E-state index in [2.05, 4.69) is 77.2 Å². The molecule has 0 aromatic heterocycles. The highest BCUT2D eigenvalue weighted by Crippen LogP contribution is 2.25. The molecule has 2 unspecified atom stereocenters. The lowest BCUT2D eigenvalue weighted by Gasteiger charge is -2.31. The van der Waals surface area contributed by atoms with Gasteiger partial charge in [0.25, 0.3) is 0 Å². The third-order valence-electron chi connectivity index (χ3n) is 3.98. The number of benzene rings is 1. The molecule has 0 aliphatic carbocycles. The molecule has 1 N–H and O–H groups in total. The molecule has 1 rings (SSSR count). The molecule has 0 heterocycles. The molecule has 1 aromatic carbocycles. The van der Waals surface area contributed by atoms with Crippen LogP contribution in [0.15, 0.2) is 30.3 Å². The first kappa shape index (κ1) is 15.2. The van der Waals surface area contributed by atoms with Crippen molar-refractivity contribution in [2.75, 3.05) is 6.54 Å². The van der Waals surface area contributed by atoms with Crippen molar-refractivity contribution >= 4 is 0 Å². The van der Waals surface area contributed by atoms with Crippen molar-refractivity contribution in [1.82, 2.24) is 5.32 Å². The molecule has 1 heteroatoms. The summed E-state index contributed by atoms with van der Waals surface area (Å²) < 4.78 is 0. The van der Waals surface area contributed by atoms with Crippen LogP contribution in [0.25, 0.3) is 0 Å². The molecule has 1 aromatic rings. The Morgan fingerprint density at radius 2 is 1.56 bits per heavy atom. The van der Waals surface area contributed by atoms with Crippen LogP contribution in [0.4, 0.5) is 0 Å². The van der Waals surface area contributed by atoms with E-state index in [1.165, 1.54) is 5.56 Å². The molecule has 102 valence electrons. The first-order valence-electron chi connectivity index (χ1n) is 7.10. The van der Waals surface area contributed by atoms with Crippen molar-refractivity contribution in [3.63, 3.8) is 0 Å². The molecule has 0 radical (unpaired) electrons. The van der Waals surface area contributed by atoms with Gasteiger partial charge in [0, 0.05) is 12.6 Å². The topological polar surface area (TPSA) is 12.0 Å². The summed E-state index contributed by atoms with van der Waals surface area (Å²) in [5.41, 5.74) is 1.76. The molecule has 0 spiro atoms. The van der Waals surface area contributed by atoms with Crippen LogP contribution in [0, 0.1) is 11.3 Å². The molecule has 0 saturated carbocycles. The van der Waals surface area contributed by atoms with Gasteiger partial charge in [-0.05, 0) is 29.7 Å². The summed E-state index contributed by atoms with van der Waals surface area (Å²) in [5.74, 6) is 1.25. The number of nitrogens with one attached hydrogen (secondary N) is 1. The van der Waals surface area contributed by atoms with Crippen LogP contribution in [0.1, 0.15) is 53.0 Å². The Hall–Kier alpha value is -0.820. The van der Waals surface area contributed by atoms with Crippen molar-refractivity contribution in [2.45, 2.75) is 53.5 Å². The average Bonchev–Trinajstić information content (AvgIpc) is 2.28. The average molecular weight is 247 g/mol. The predicted octanol–water partition coefficient (Wildman–Crippen LogP) is 4.45. The molecule has 0 fully saturated rings. The normalized spacial score (nSPS) is 15.7. The largest absolute Gasteiger partial charge is 0.313 e. The Kier molecular flexibility index (Phi) is 5.40. The Bertz CT molecular complexity index is 334. The minimum Gasteiger partial charge on any atom is -0.313 e. The third-order valence-corrected chi connectivity index (χ3v) is 3.98. The Balaban J connectivity index is 2.66. The van der Waals surface area contributed by atoms with E-state index in [0.717, 1.165) is 6.54 Å². The lowest BCUT2D eigenvalue weighted by molar-refractivity contribution is 0.275. The number of rotatable bonds is 5. The Morgan fingerprint density at radius 1 is 1.00 bits per heavy atom. The SMILES string of the molecule is CC(C)C(CNC(C)C(C)(C)C)c1ccccc1. The second kappa shape index (κ2) is 6.38. The van der Waals surface area contributed by atoms with Crippen LogP contribution < -0.4 is 5.32 Å². The quantitative estimate of drug-likeness (QED) is 0.810. The van der Waals surface area contributed by atoms with Gasteiger partial charge in [-0.1, -0.05) is 65.0 Å². The second-order valence-electron chi connectivity index (χ2n) is 6.76. The standard InChI is InChI=1S/C17H29N/c1-13(2)16(15-10-8-7-9-11-15)12-18-14(3)17(4,5)6/h7-11,13-14,16,18H,12H2,1-6H3. The summed E-state index contributed by atoms with van der Waals surface area (Å²) in [6.45, 7) is 14.8. The Morgan fingerprint density at radius 3 is 2.00 bits per heavy atom. The molecular formula is C17H29N. The highest BCUT2D eigenvalue weighted by Gasteiger charge is 2.22. The minimum absolute atomic E-state index is 0.318. The van der Waals surface area contributed by atoms with Gasteiger partial charge < -0.3 is 5.32 Å². The van der Waals surface area contributed by atoms with Gasteiger partial charge >= 0.3 is 0 Å². The highest BCUT2D eigenvalue weighted by atomic mass is 14.9. The summed E-state index contributed by atoms with van der Waals surface area (Å²) in [4.78, 5) is 0. The molecule has 1 nitrogen and oxygen atoms in total. The van der Waals surface area contributed by atoms with Crippen LogP contribution in [-0.4, -0.2) is 12.6 Å². The second-order valence-corrected chi connectivity index (χ2v) is 6.76. The molecule has 0 saturated heterocycles. The summed E-state index contributed by atoms with van der Waals surface area (Å²) >= 11 is 0. The van der Waals surface area contributed by atoms with E-state index in [1.807, 2.05) is 0 Å². The maximum atomic E-state index is 3.70. The molecular weight excluding hydrogens is 218 g/mol. The van der Waals surface area contributed by atoms with E-state index in [-0.39, 0.29) is 0 Å². The third kappa shape index (κ3) is 4.45. The van der Waals surface area contributed by atoms with E-state index >= 15 is 0 Å². The van der Waals surface area contributed by atoms with Gasteiger partial charge in [0.05, 0.1) is 0 Å². The van der Waals surface area contributed by atoms with Gasteiger partial charge in [-0.25, -0.2) is 0 Å². The zero-order valence-electron chi connectivity index (χ0n) is 12.8. The van der Waals surface area contributed by atoms with E-state index in [1.54, 1.807) is 0 Å². The van der Waals surface area contributed by atoms with Crippen molar-refractivity contribution in [1.29, 1.82) is 0 Å². The van der Waals surface area contributed by atoms with Gasteiger partial charge in [-0.15, -0.1) is 0 Å². The smallest absolute Gasteiger partial charge is 0.00875 e. The van der Waals surface area contributed by atoms with Gasteiger partial charge in [-0.3, -0.25) is 0 Å². The van der Waals surface area contributed by atoms with E-state index < -0.39 is 0 Å².